The molecule has 116 valence electrons. The molecule has 1 fully saturated rings. The lowest BCUT2D eigenvalue weighted by Crippen LogP contribution is -2.41. The molecule has 1 aliphatic heterocycles. The van der Waals surface area contributed by atoms with Crippen molar-refractivity contribution in [2.24, 2.45) is 0 Å². The fraction of sp³-hybridized carbons (Fsp3) is 0.562. The molecule has 1 amide bonds. The third-order valence-electron chi connectivity index (χ3n) is 3.32. The number of nitrogens with one attached hydrogen (secondary N) is 2. The van der Waals surface area contributed by atoms with Gasteiger partial charge in [-0.3, -0.25) is 4.79 Å². The van der Waals surface area contributed by atoms with Crippen molar-refractivity contribution in [2.75, 3.05) is 24.7 Å². The maximum Gasteiger partial charge on any atom is 0.221 e. The quantitative estimate of drug-likeness (QED) is 0.811. The highest BCUT2D eigenvalue weighted by Crippen LogP contribution is 2.13. The maximum absolute atomic E-state index is 11.9. The van der Waals surface area contributed by atoms with Gasteiger partial charge in [-0.2, -0.15) is 11.8 Å². The van der Waals surface area contributed by atoms with E-state index in [0.29, 0.717) is 19.0 Å². The number of carbonyl (C=O) groups is 1. The number of amides is 1. The molecule has 2 rings (SSSR count). The van der Waals surface area contributed by atoms with Gasteiger partial charge in [-0.1, -0.05) is 19.1 Å². The molecule has 0 aromatic heterocycles. The minimum Gasteiger partial charge on any atom is -0.494 e. The molecule has 1 atom stereocenters. The first kappa shape index (κ1) is 16.2. The summed E-state index contributed by atoms with van der Waals surface area (Å²) in [6.07, 6.45) is 1.57. The Kier molecular flexibility index (Phi) is 6.89. The summed E-state index contributed by atoms with van der Waals surface area (Å²) in [5.41, 5.74) is 1.10. The molecule has 21 heavy (non-hydrogen) atoms. The van der Waals surface area contributed by atoms with Crippen LogP contribution in [0.2, 0.25) is 0 Å². The van der Waals surface area contributed by atoms with Crippen molar-refractivity contribution < 1.29 is 9.53 Å². The van der Waals surface area contributed by atoms with Gasteiger partial charge in [-0.25, -0.2) is 0 Å². The third-order valence-corrected chi connectivity index (χ3v) is 4.45. The SMILES string of the molecule is CCCOc1ccc(CNC(=O)CC2CSCCN2)cc1. The van der Waals surface area contributed by atoms with Crippen LogP contribution in [-0.4, -0.2) is 36.6 Å². The van der Waals surface area contributed by atoms with E-state index in [-0.39, 0.29) is 5.91 Å². The fourth-order valence-corrected chi connectivity index (χ4v) is 3.12. The first-order valence-corrected chi connectivity index (χ1v) is 8.73. The summed E-state index contributed by atoms with van der Waals surface area (Å²) in [7, 11) is 0. The molecule has 0 saturated carbocycles. The van der Waals surface area contributed by atoms with Crippen LogP contribution in [0.15, 0.2) is 24.3 Å². The van der Waals surface area contributed by atoms with Gasteiger partial charge >= 0.3 is 0 Å². The smallest absolute Gasteiger partial charge is 0.221 e. The van der Waals surface area contributed by atoms with Crippen LogP contribution in [-0.2, 0) is 11.3 Å². The van der Waals surface area contributed by atoms with Gasteiger partial charge < -0.3 is 15.4 Å². The van der Waals surface area contributed by atoms with Crippen LogP contribution >= 0.6 is 11.8 Å². The molecule has 0 aliphatic carbocycles. The summed E-state index contributed by atoms with van der Waals surface area (Å²) < 4.78 is 5.54. The fourth-order valence-electron chi connectivity index (χ4n) is 2.17. The van der Waals surface area contributed by atoms with Crippen LogP contribution < -0.4 is 15.4 Å². The topological polar surface area (TPSA) is 50.4 Å². The highest BCUT2D eigenvalue weighted by atomic mass is 32.2. The van der Waals surface area contributed by atoms with E-state index >= 15 is 0 Å². The lowest BCUT2D eigenvalue weighted by molar-refractivity contribution is -0.121. The minimum atomic E-state index is 0.112. The first-order chi connectivity index (χ1) is 10.3. The number of rotatable bonds is 7. The molecule has 1 aliphatic rings. The van der Waals surface area contributed by atoms with E-state index in [1.54, 1.807) is 0 Å². The van der Waals surface area contributed by atoms with E-state index in [0.717, 1.165) is 42.4 Å². The van der Waals surface area contributed by atoms with Crippen molar-refractivity contribution in [3.8, 4) is 5.75 Å². The monoisotopic (exact) mass is 308 g/mol. The van der Waals surface area contributed by atoms with Crippen LogP contribution in [0.5, 0.6) is 5.75 Å². The highest BCUT2D eigenvalue weighted by Gasteiger charge is 2.16. The summed E-state index contributed by atoms with van der Waals surface area (Å²) in [6, 6.07) is 8.22. The molecular weight excluding hydrogens is 284 g/mol. The molecule has 2 N–H and O–H groups in total. The van der Waals surface area contributed by atoms with Crippen LogP contribution in [0.3, 0.4) is 0 Å². The second-order valence-electron chi connectivity index (χ2n) is 5.20. The van der Waals surface area contributed by atoms with Crippen molar-refractivity contribution in [3.05, 3.63) is 29.8 Å². The number of ether oxygens (including phenoxy) is 1. The number of thioether (sulfide) groups is 1. The summed E-state index contributed by atoms with van der Waals surface area (Å²) >= 11 is 1.91. The predicted octanol–water partition coefficient (Wildman–Crippen LogP) is 2.19. The summed E-state index contributed by atoms with van der Waals surface area (Å²) in [5.74, 6) is 3.17. The van der Waals surface area contributed by atoms with Gasteiger partial charge in [0.25, 0.3) is 0 Å². The van der Waals surface area contributed by atoms with Crippen molar-refractivity contribution >= 4 is 17.7 Å². The van der Waals surface area contributed by atoms with E-state index in [4.69, 9.17) is 4.74 Å². The molecule has 1 unspecified atom stereocenters. The Bertz CT molecular complexity index is 430. The van der Waals surface area contributed by atoms with Gasteiger partial charge in [-0.05, 0) is 24.1 Å². The molecule has 0 radical (unpaired) electrons. The Morgan fingerprint density at radius 3 is 2.90 bits per heavy atom. The Labute approximate surface area is 131 Å². The Balaban J connectivity index is 1.70. The second kappa shape index (κ2) is 8.95. The number of hydrogen-bond acceptors (Lipinski definition) is 4. The zero-order valence-electron chi connectivity index (χ0n) is 12.6. The van der Waals surface area contributed by atoms with Crippen LogP contribution in [0.25, 0.3) is 0 Å². The Morgan fingerprint density at radius 1 is 1.43 bits per heavy atom. The third kappa shape index (κ3) is 5.98. The molecule has 5 heteroatoms. The zero-order chi connectivity index (χ0) is 14.9. The van der Waals surface area contributed by atoms with Crippen molar-refractivity contribution in [2.45, 2.75) is 32.4 Å². The normalized spacial score (nSPS) is 18.2. The van der Waals surface area contributed by atoms with Gasteiger partial charge in [-0.15, -0.1) is 0 Å². The summed E-state index contributed by atoms with van der Waals surface area (Å²) in [4.78, 5) is 11.9. The zero-order valence-corrected chi connectivity index (χ0v) is 13.4. The molecular formula is C16H24N2O2S. The molecule has 1 heterocycles. The minimum absolute atomic E-state index is 0.112. The van der Waals surface area contributed by atoms with Gasteiger partial charge in [0, 0.05) is 37.1 Å². The lowest BCUT2D eigenvalue weighted by atomic mass is 10.2. The van der Waals surface area contributed by atoms with E-state index in [1.807, 2.05) is 36.0 Å². The average molecular weight is 308 g/mol. The lowest BCUT2D eigenvalue weighted by Gasteiger charge is -2.22. The van der Waals surface area contributed by atoms with E-state index in [9.17, 15) is 4.79 Å². The number of benzene rings is 1. The molecule has 0 spiro atoms. The average Bonchev–Trinajstić information content (AvgIpc) is 2.53. The largest absolute Gasteiger partial charge is 0.494 e. The van der Waals surface area contributed by atoms with Crippen LogP contribution in [0.1, 0.15) is 25.3 Å². The maximum atomic E-state index is 11.9. The van der Waals surface area contributed by atoms with Crippen molar-refractivity contribution in [1.82, 2.24) is 10.6 Å². The molecule has 4 nitrogen and oxygen atoms in total. The Hall–Kier alpha value is -1.20. The van der Waals surface area contributed by atoms with Crippen LogP contribution in [0, 0.1) is 0 Å². The number of carbonyl (C=O) groups excluding carboxylic acids is 1. The predicted molar refractivity (Wildman–Crippen MR) is 87.8 cm³/mol. The summed E-state index contributed by atoms with van der Waals surface area (Å²) in [5, 5.41) is 6.36. The van der Waals surface area contributed by atoms with E-state index in [2.05, 4.69) is 17.6 Å². The van der Waals surface area contributed by atoms with Crippen LogP contribution in [0.4, 0.5) is 0 Å². The van der Waals surface area contributed by atoms with Gasteiger partial charge in [0.05, 0.1) is 6.61 Å². The van der Waals surface area contributed by atoms with Gasteiger partial charge in [0.2, 0.25) is 5.91 Å². The molecule has 0 bridgehead atoms. The first-order valence-electron chi connectivity index (χ1n) is 7.57. The molecule has 1 aromatic rings. The standard InChI is InChI=1S/C16H24N2O2S/c1-2-8-20-15-5-3-13(4-6-15)11-18-16(19)10-14-12-21-9-7-17-14/h3-6,14,17H,2,7-12H2,1H3,(H,18,19). The highest BCUT2D eigenvalue weighted by molar-refractivity contribution is 7.99. The van der Waals surface area contributed by atoms with Crippen molar-refractivity contribution in [3.63, 3.8) is 0 Å². The summed E-state index contributed by atoms with van der Waals surface area (Å²) in [6.45, 7) is 4.40. The van der Waals surface area contributed by atoms with E-state index in [1.165, 1.54) is 0 Å². The molecule has 1 aromatic carbocycles. The Morgan fingerprint density at radius 2 is 2.24 bits per heavy atom. The van der Waals surface area contributed by atoms with Gasteiger partial charge in [0.15, 0.2) is 0 Å². The van der Waals surface area contributed by atoms with E-state index < -0.39 is 0 Å². The number of hydrogen-bond donors (Lipinski definition) is 2. The van der Waals surface area contributed by atoms with Gasteiger partial charge in [0.1, 0.15) is 5.75 Å². The molecule has 1 saturated heterocycles. The second-order valence-corrected chi connectivity index (χ2v) is 6.35. The van der Waals surface area contributed by atoms with Crippen molar-refractivity contribution in [1.29, 1.82) is 0 Å².